The van der Waals surface area contributed by atoms with E-state index < -0.39 is 5.54 Å². The topological polar surface area (TPSA) is 49.6 Å². The lowest BCUT2D eigenvalue weighted by Crippen LogP contribution is -2.57. The van der Waals surface area contributed by atoms with Crippen molar-refractivity contribution < 1.29 is 4.79 Å². The van der Waals surface area contributed by atoms with Crippen molar-refractivity contribution >= 4 is 30.7 Å². The van der Waals surface area contributed by atoms with E-state index in [1.165, 1.54) is 0 Å². The van der Waals surface area contributed by atoms with Crippen LogP contribution in [-0.2, 0) is 10.3 Å². The average Bonchev–Trinajstić information content (AvgIpc) is 2.47. The number of nitrogens with zero attached hydrogens (tertiary/aromatic N) is 2. The number of carbonyl (C=O) groups excluding carboxylic acids is 1. The van der Waals surface area contributed by atoms with Gasteiger partial charge in [0, 0.05) is 32.7 Å². The van der Waals surface area contributed by atoms with Crippen molar-refractivity contribution in [2.24, 2.45) is 11.7 Å². The molecule has 0 radical (unpaired) electrons. The lowest BCUT2D eigenvalue weighted by Gasteiger charge is -2.39. The molecule has 132 valence electrons. The van der Waals surface area contributed by atoms with E-state index in [0.717, 1.165) is 38.3 Å². The summed E-state index contributed by atoms with van der Waals surface area (Å²) >= 11 is 0. The fourth-order valence-corrected chi connectivity index (χ4v) is 2.89. The summed E-state index contributed by atoms with van der Waals surface area (Å²) in [5.74, 6) is 0.689. The third kappa shape index (κ3) is 5.64. The fourth-order valence-electron chi connectivity index (χ4n) is 2.89. The van der Waals surface area contributed by atoms with Gasteiger partial charge in [0.05, 0.1) is 0 Å². The molecule has 2 rings (SSSR count). The normalized spacial score (nSPS) is 17.9. The molecule has 0 bridgehead atoms. The Labute approximate surface area is 152 Å². The van der Waals surface area contributed by atoms with Crippen LogP contribution in [0.1, 0.15) is 26.3 Å². The molecule has 6 heteroatoms. The Balaban J connectivity index is 0.00000242. The van der Waals surface area contributed by atoms with E-state index in [1.807, 2.05) is 42.2 Å². The first-order chi connectivity index (χ1) is 9.91. The highest BCUT2D eigenvalue weighted by Gasteiger charge is 2.35. The zero-order chi connectivity index (χ0) is 15.5. The van der Waals surface area contributed by atoms with Gasteiger partial charge in [-0.25, -0.2) is 0 Å². The van der Waals surface area contributed by atoms with Crippen molar-refractivity contribution in [2.45, 2.75) is 26.3 Å². The van der Waals surface area contributed by atoms with Crippen LogP contribution in [0.5, 0.6) is 0 Å². The molecule has 2 N–H and O–H groups in total. The van der Waals surface area contributed by atoms with Crippen LogP contribution in [0.25, 0.3) is 0 Å². The lowest BCUT2D eigenvalue weighted by molar-refractivity contribution is -0.138. The first kappa shape index (κ1) is 22.2. The standard InChI is InChI=1S/C17H27N3O.2ClH/c1-14(2)13-19-9-11-20(12-10-19)16(21)17(3,18)15-7-5-4-6-8-15;;/h4-8,14H,9-13,18H2,1-3H3;2*1H. The van der Waals surface area contributed by atoms with Crippen molar-refractivity contribution in [1.29, 1.82) is 0 Å². The molecule has 1 heterocycles. The summed E-state index contributed by atoms with van der Waals surface area (Å²) in [4.78, 5) is 17.1. The number of carbonyl (C=O) groups is 1. The number of nitrogens with two attached hydrogens (primary N) is 1. The number of benzene rings is 1. The molecule has 1 amide bonds. The second-order valence-electron chi connectivity index (χ2n) is 6.56. The van der Waals surface area contributed by atoms with E-state index in [1.54, 1.807) is 0 Å². The molecule has 4 nitrogen and oxygen atoms in total. The summed E-state index contributed by atoms with van der Waals surface area (Å²) in [5, 5.41) is 0. The maximum atomic E-state index is 12.7. The van der Waals surface area contributed by atoms with E-state index in [4.69, 9.17) is 5.73 Å². The van der Waals surface area contributed by atoms with E-state index >= 15 is 0 Å². The summed E-state index contributed by atoms with van der Waals surface area (Å²) in [6.07, 6.45) is 0. The fraction of sp³-hybridized carbons (Fsp3) is 0.588. The molecule has 1 atom stereocenters. The van der Waals surface area contributed by atoms with Gasteiger partial charge in [0.2, 0.25) is 5.91 Å². The first-order valence-corrected chi connectivity index (χ1v) is 7.77. The summed E-state index contributed by atoms with van der Waals surface area (Å²) in [6.45, 7) is 10.8. The molecule has 23 heavy (non-hydrogen) atoms. The maximum absolute atomic E-state index is 12.7. The van der Waals surface area contributed by atoms with Crippen molar-refractivity contribution in [3.8, 4) is 0 Å². The lowest BCUT2D eigenvalue weighted by atomic mass is 9.91. The summed E-state index contributed by atoms with van der Waals surface area (Å²) in [6, 6.07) is 9.64. The minimum atomic E-state index is -0.943. The summed E-state index contributed by atoms with van der Waals surface area (Å²) < 4.78 is 0. The van der Waals surface area contributed by atoms with E-state index in [-0.39, 0.29) is 30.7 Å². The molecule has 1 fully saturated rings. The predicted molar refractivity (Wildman–Crippen MR) is 100 cm³/mol. The van der Waals surface area contributed by atoms with Gasteiger partial charge in [-0.1, -0.05) is 44.2 Å². The van der Waals surface area contributed by atoms with Crippen LogP contribution in [0.2, 0.25) is 0 Å². The van der Waals surface area contributed by atoms with Gasteiger partial charge >= 0.3 is 0 Å². The van der Waals surface area contributed by atoms with Crippen LogP contribution in [0.15, 0.2) is 30.3 Å². The van der Waals surface area contributed by atoms with Crippen LogP contribution in [0.4, 0.5) is 0 Å². The molecule has 1 aromatic carbocycles. The molecule has 1 aliphatic rings. The third-order valence-electron chi connectivity index (χ3n) is 4.10. The molecular weight excluding hydrogens is 333 g/mol. The molecular formula is C17H29Cl2N3O. The first-order valence-electron chi connectivity index (χ1n) is 7.77. The molecule has 1 unspecified atom stereocenters. The van der Waals surface area contributed by atoms with E-state index in [0.29, 0.717) is 5.92 Å². The molecule has 1 aliphatic heterocycles. The van der Waals surface area contributed by atoms with E-state index in [2.05, 4.69) is 18.7 Å². The van der Waals surface area contributed by atoms with Gasteiger partial charge in [0.1, 0.15) is 5.54 Å². The maximum Gasteiger partial charge on any atom is 0.247 e. The van der Waals surface area contributed by atoms with Gasteiger partial charge in [-0.3, -0.25) is 9.69 Å². The zero-order valence-electron chi connectivity index (χ0n) is 14.2. The minimum Gasteiger partial charge on any atom is -0.338 e. The van der Waals surface area contributed by atoms with Gasteiger partial charge in [0.25, 0.3) is 0 Å². The van der Waals surface area contributed by atoms with Crippen LogP contribution in [-0.4, -0.2) is 48.4 Å². The Kier molecular flexibility index (Phi) is 9.14. The molecule has 0 aromatic heterocycles. The predicted octanol–water partition coefficient (Wildman–Crippen LogP) is 2.50. The third-order valence-corrected chi connectivity index (χ3v) is 4.10. The van der Waals surface area contributed by atoms with Gasteiger partial charge in [-0.2, -0.15) is 0 Å². The smallest absolute Gasteiger partial charge is 0.247 e. The second kappa shape index (κ2) is 9.48. The number of hydrogen-bond acceptors (Lipinski definition) is 3. The number of amides is 1. The van der Waals surface area contributed by atoms with Gasteiger partial charge in [-0.15, -0.1) is 24.8 Å². The summed E-state index contributed by atoms with van der Waals surface area (Å²) in [5.41, 5.74) is 6.25. The van der Waals surface area contributed by atoms with Crippen molar-refractivity contribution in [3.63, 3.8) is 0 Å². The van der Waals surface area contributed by atoms with Gasteiger partial charge in [-0.05, 0) is 18.4 Å². The Bertz CT molecular complexity index is 472. The average molecular weight is 362 g/mol. The molecule has 0 saturated carbocycles. The van der Waals surface area contributed by atoms with Crippen molar-refractivity contribution in [1.82, 2.24) is 9.80 Å². The quantitative estimate of drug-likeness (QED) is 0.896. The highest BCUT2D eigenvalue weighted by molar-refractivity contribution is 5.87. The number of rotatable bonds is 4. The second-order valence-corrected chi connectivity index (χ2v) is 6.56. The van der Waals surface area contributed by atoms with Gasteiger partial charge in [0.15, 0.2) is 0 Å². The molecule has 0 aliphatic carbocycles. The van der Waals surface area contributed by atoms with Crippen molar-refractivity contribution in [2.75, 3.05) is 32.7 Å². The SMILES string of the molecule is CC(C)CN1CCN(C(=O)C(C)(N)c2ccccc2)CC1.Cl.Cl. The largest absolute Gasteiger partial charge is 0.338 e. The molecule has 0 spiro atoms. The van der Waals surface area contributed by atoms with Crippen LogP contribution in [0.3, 0.4) is 0 Å². The highest BCUT2D eigenvalue weighted by Crippen LogP contribution is 2.21. The number of halogens is 2. The number of piperazine rings is 1. The Morgan fingerprint density at radius 3 is 2.13 bits per heavy atom. The zero-order valence-corrected chi connectivity index (χ0v) is 15.8. The highest BCUT2D eigenvalue weighted by atomic mass is 35.5. The molecule has 1 aromatic rings. The molecule has 1 saturated heterocycles. The van der Waals surface area contributed by atoms with Gasteiger partial charge < -0.3 is 10.6 Å². The Morgan fingerprint density at radius 1 is 1.13 bits per heavy atom. The van der Waals surface area contributed by atoms with Crippen LogP contribution in [0, 0.1) is 5.92 Å². The number of hydrogen-bond donors (Lipinski definition) is 1. The minimum absolute atomic E-state index is 0. The Hall–Kier alpha value is -0.810. The van der Waals surface area contributed by atoms with Crippen LogP contribution >= 0.6 is 24.8 Å². The Morgan fingerprint density at radius 2 is 1.65 bits per heavy atom. The monoisotopic (exact) mass is 361 g/mol. The summed E-state index contributed by atoms with van der Waals surface area (Å²) in [7, 11) is 0. The van der Waals surface area contributed by atoms with Crippen molar-refractivity contribution in [3.05, 3.63) is 35.9 Å². The van der Waals surface area contributed by atoms with Crippen LogP contribution < -0.4 is 5.73 Å². The van der Waals surface area contributed by atoms with E-state index in [9.17, 15) is 4.79 Å².